The molecular weight excluding hydrogens is 420 g/mol. The molecule has 182 valence electrons. The van der Waals surface area contributed by atoms with E-state index in [0.717, 1.165) is 24.7 Å². The van der Waals surface area contributed by atoms with Crippen molar-refractivity contribution >= 4 is 17.9 Å². The lowest BCUT2D eigenvalue weighted by Crippen LogP contribution is -2.60. The lowest BCUT2D eigenvalue weighted by molar-refractivity contribution is -0.217. The largest absolute Gasteiger partial charge is 0.461 e. The van der Waals surface area contributed by atoms with Gasteiger partial charge in [-0.25, -0.2) is 0 Å². The molecule has 1 heterocycles. The van der Waals surface area contributed by atoms with Crippen LogP contribution in [0.5, 0.6) is 0 Å². The maximum atomic E-state index is 13.7. The van der Waals surface area contributed by atoms with Gasteiger partial charge in [0.05, 0.1) is 17.3 Å². The number of carbonyl (C=O) groups excluding carboxylic acids is 3. The van der Waals surface area contributed by atoms with Gasteiger partial charge in [0, 0.05) is 5.92 Å². The van der Waals surface area contributed by atoms with E-state index in [9.17, 15) is 14.4 Å². The molecule has 6 heteroatoms. The Labute approximate surface area is 196 Å². The highest BCUT2D eigenvalue weighted by atomic mass is 16.6. The molecule has 0 aromatic heterocycles. The fourth-order valence-corrected chi connectivity index (χ4v) is 9.20. The van der Waals surface area contributed by atoms with Crippen molar-refractivity contribution in [2.24, 2.45) is 52.8 Å². The van der Waals surface area contributed by atoms with Crippen LogP contribution < -0.4 is 0 Å². The maximum Gasteiger partial charge on any atom is 0.311 e. The monoisotopic (exact) mass is 458 g/mol. The van der Waals surface area contributed by atoms with Gasteiger partial charge in [0.15, 0.2) is 0 Å². The zero-order valence-electron chi connectivity index (χ0n) is 20.4. The Hall–Kier alpha value is -1.59. The SMILES string of the molecule is CCC1(OC(=O)C2C3CC4C2C(=O)OC4(COC(=O)C(C)(C)C)C3)C2CC3CC(C2)CC1C3. The highest BCUT2D eigenvalue weighted by molar-refractivity contribution is 5.86. The van der Waals surface area contributed by atoms with Gasteiger partial charge in [-0.1, -0.05) is 6.92 Å². The molecule has 6 bridgehead atoms. The first-order chi connectivity index (χ1) is 15.6. The van der Waals surface area contributed by atoms with E-state index in [1.807, 2.05) is 20.8 Å². The van der Waals surface area contributed by atoms with Crippen LogP contribution in [0.1, 0.15) is 79.1 Å². The van der Waals surface area contributed by atoms with Crippen molar-refractivity contribution < 1.29 is 28.6 Å². The molecule has 6 aliphatic carbocycles. The Morgan fingerprint density at radius 2 is 1.67 bits per heavy atom. The number of fused-ring (bicyclic) bond motifs is 1. The summed E-state index contributed by atoms with van der Waals surface area (Å²) in [7, 11) is 0. The van der Waals surface area contributed by atoms with E-state index in [1.165, 1.54) is 32.1 Å². The van der Waals surface area contributed by atoms with Crippen LogP contribution in [-0.2, 0) is 28.6 Å². The van der Waals surface area contributed by atoms with Crippen molar-refractivity contribution in [3.8, 4) is 0 Å². The van der Waals surface area contributed by atoms with Crippen LogP contribution in [0, 0.1) is 52.8 Å². The molecule has 33 heavy (non-hydrogen) atoms. The minimum Gasteiger partial charge on any atom is -0.461 e. The second-order valence-electron chi connectivity index (χ2n) is 13.2. The summed E-state index contributed by atoms with van der Waals surface area (Å²) in [6.07, 6.45) is 8.37. The van der Waals surface area contributed by atoms with E-state index in [2.05, 4.69) is 6.92 Å². The highest BCUT2D eigenvalue weighted by Gasteiger charge is 2.72. The second-order valence-corrected chi connectivity index (χ2v) is 13.2. The van der Waals surface area contributed by atoms with E-state index in [1.54, 1.807) is 0 Å². The third kappa shape index (κ3) is 3.00. The minimum atomic E-state index is -0.755. The zero-order chi connectivity index (χ0) is 23.3. The summed E-state index contributed by atoms with van der Waals surface area (Å²) in [5.41, 5.74) is -1.70. The van der Waals surface area contributed by atoms with Crippen LogP contribution in [0.3, 0.4) is 0 Å². The molecule has 7 fully saturated rings. The normalized spacial score (nSPS) is 48.8. The van der Waals surface area contributed by atoms with E-state index in [4.69, 9.17) is 14.2 Å². The summed E-state index contributed by atoms with van der Waals surface area (Å²) in [6.45, 7) is 7.72. The molecule has 1 saturated heterocycles. The first kappa shape index (κ1) is 21.9. The Morgan fingerprint density at radius 3 is 2.24 bits per heavy atom. The molecular formula is C27H38O6. The van der Waals surface area contributed by atoms with Gasteiger partial charge < -0.3 is 14.2 Å². The summed E-state index contributed by atoms with van der Waals surface area (Å²) in [4.78, 5) is 39.0. The predicted molar refractivity (Wildman–Crippen MR) is 119 cm³/mol. The summed E-state index contributed by atoms with van der Waals surface area (Å²) in [6, 6.07) is 0. The van der Waals surface area contributed by atoms with E-state index in [0.29, 0.717) is 18.3 Å². The molecule has 6 nitrogen and oxygen atoms in total. The summed E-state index contributed by atoms with van der Waals surface area (Å²) >= 11 is 0. The molecule has 1 aliphatic heterocycles. The van der Waals surface area contributed by atoms with Crippen molar-refractivity contribution in [3.63, 3.8) is 0 Å². The van der Waals surface area contributed by atoms with Crippen LogP contribution in [-0.4, -0.2) is 35.7 Å². The van der Waals surface area contributed by atoms with Gasteiger partial charge in [0.2, 0.25) is 0 Å². The van der Waals surface area contributed by atoms with E-state index >= 15 is 0 Å². The van der Waals surface area contributed by atoms with Crippen molar-refractivity contribution in [1.82, 2.24) is 0 Å². The second kappa shape index (κ2) is 6.97. The third-order valence-electron chi connectivity index (χ3n) is 10.4. The fourth-order valence-electron chi connectivity index (χ4n) is 9.20. The van der Waals surface area contributed by atoms with Gasteiger partial charge in [-0.2, -0.15) is 0 Å². The molecule has 0 N–H and O–H groups in total. The molecule has 0 aromatic rings. The average Bonchev–Trinajstić information content (AvgIpc) is 3.33. The molecule has 7 rings (SSSR count). The number of rotatable bonds is 5. The fraction of sp³-hybridized carbons (Fsp3) is 0.889. The topological polar surface area (TPSA) is 78.9 Å². The summed E-state index contributed by atoms with van der Waals surface area (Å²) in [5.74, 6) is 0.985. The van der Waals surface area contributed by atoms with E-state index < -0.39 is 22.9 Å². The Bertz CT molecular complexity index is 858. The zero-order valence-corrected chi connectivity index (χ0v) is 20.4. The predicted octanol–water partition coefficient (Wildman–Crippen LogP) is 4.29. The van der Waals surface area contributed by atoms with Crippen LogP contribution in [0.15, 0.2) is 0 Å². The molecule has 6 saturated carbocycles. The quantitative estimate of drug-likeness (QED) is 0.452. The maximum absolute atomic E-state index is 13.7. The summed E-state index contributed by atoms with van der Waals surface area (Å²) in [5, 5.41) is 0. The van der Waals surface area contributed by atoms with Crippen molar-refractivity contribution in [1.29, 1.82) is 0 Å². The number of ether oxygens (including phenoxy) is 3. The van der Waals surface area contributed by atoms with Crippen molar-refractivity contribution in [3.05, 3.63) is 0 Å². The third-order valence-corrected chi connectivity index (χ3v) is 10.4. The van der Waals surface area contributed by atoms with Gasteiger partial charge in [-0.15, -0.1) is 0 Å². The first-order valence-electron chi connectivity index (χ1n) is 13.2. The van der Waals surface area contributed by atoms with Gasteiger partial charge in [-0.05, 0) is 102 Å². The average molecular weight is 459 g/mol. The minimum absolute atomic E-state index is 0.0589. The smallest absolute Gasteiger partial charge is 0.311 e. The van der Waals surface area contributed by atoms with Crippen molar-refractivity contribution in [2.45, 2.75) is 90.3 Å². The number of hydrogen-bond acceptors (Lipinski definition) is 6. The number of esters is 3. The molecule has 0 aromatic carbocycles. The van der Waals surface area contributed by atoms with Crippen molar-refractivity contribution in [2.75, 3.05) is 6.61 Å². The van der Waals surface area contributed by atoms with Gasteiger partial charge in [-0.3, -0.25) is 14.4 Å². The molecule has 0 amide bonds. The van der Waals surface area contributed by atoms with Crippen LogP contribution in [0.4, 0.5) is 0 Å². The molecule has 5 unspecified atom stereocenters. The first-order valence-corrected chi connectivity index (χ1v) is 13.2. The van der Waals surface area contributed by atoms with Crippen LogP contribution >= 0.6 is 0 Å². The molecule has 7 aliphatic rings. The molecule has 0 radical (unpaired) electrons. The van der Waals surface area contributed by atoms with Gasteiger partial charge in [0.25, 0.3) is 0 Å². The lowest BCUT2D eigenvalue weighted by atomic mass is 9.49. The van der Waals surface area contributed by atoms with E-state index in [-0.39, 0.29) is 42.0 Å². The standard InChI is InChI=1S/C27H38O6/c1-5-27(17-7-14-6-15(9-17)10-18(27)8-14)33-22(28)20-16-11-19-21(20)23(29)32-26(19,12-16)13-31-24(30)25(2,3)4/h14-21H,5-13H2,1-4H3. The Kier molecular flexibility index (Phi) is 4.63. The molecule has 5 atom stereocenters. The molecule has 0 spiro atoms. The number of carbonyl (C=O) groups is 3. The lowest BCUT2D eigenvalue weighted by Gasteiger charge is -2.60. The van der Waals surface area contributed by atoms with Gasteiger partial charge >= 0.3 is 17.9 Å². The van der Waals surface area contributed by atoms with Gasteiger partial charge in [0.1, 0.15) is 17.8 Å². The Balaban J connectivity index is 1.19. The summed E-state index contributed by atoms with van der Waals surface area (Å²) < 4.78 is 18.0. The van der Waals surface area contributed by atoms with Crippen LogP contribution in [0.25, 0.3) is 0 Å². The number of hydrogen-bond donors (Lipinski definition) is 0. The van der Waals surface area contributed by atoms with Crippen LogP contribution in [0.2, 0.25) is 0 Å². The highest BCUT2D eigenvalue weighted by Crippen LogP contribution is 2.65. The Morgan fingerprint density at radius 1 is 1.03 bits per heavy atom.